The maximum Gasteiger partial charge on any atom is 0.0621 e. The number of ether oxygens (including phenoxy) is 1. The Kier molecular flexibility index (Phi) is 4.40. The van der Waals surface area contributed by atoms with Crippen molar-refractivity contribution in [3.05, 3.63) is 29.8 Å². The van der Waals surface area contributed by atoms with E-state index in [1.807, 2.05) is 12.1 Å². The summed E-state index contributed by atoms with van der Waals surface area (Å²) >= 11 is 0. The number of nitrogens with zero attached hydrogens (tertiary/aromatic N) is 1. The van der Waals surface area contributed by atoms with Crippen LogP contribution in [-0.4, -0.2) is 30.7 Å². The molecule has 1 fully saturated rings. The fourth-order valence-corrected chi connectivity index (χ4v) is 2.40. The van der Waals surface area contributed by atoms with E-state index < -0.39 is 0 Å². The number of nitrogens with two attached hydrogens (primary N) is 1. The standard InChI is InChI=1S/C14H22N2O/c1-2-17-11-14-4-3-9-16(14)10-12-5-7-13(15)8-6-12/h5-8,14H,2-4,9-11,15H2,1H3/t14-/m1/s1. The van der Waals surface area contributed by atoms with Crippen LogP contribution in [0, 0.1) is 0 Å². The lowest BCUT2D eigenvalue weighted by Crippen LogP contribution is -2.32. The molecule has 3 heteroatoms. The highest BCUT2D eigenvalue weighted by Crippen LogP contribution is 2.20. The summed E-state index contributed by atoms with van der Waals surface area (Å²) in [6, 6.07) is 8.77. The van der Waals surface area contributed by atoms with Crippen molar-refractivity contribution in [2.75, 3.05) is 25.5 Å². The molecule has 0 bridgehead atoms. The molecule has 17 heavy (non-hydrogen) atoms. The van der Waals surface area contributed by atoms with E-state index in [1.165, 1.54) is 24.9 Å². The molecule has 1 heterocycles. The molecule has 0 radical (unpaired) electrons. The van der Waals surface area contributed by atoms with Gasteiger partial charge in [0.25, 0.3) is 0 Å². The first-order valence-corrected chi connectivity index (χ1v) is 6.46. The second-order valence-corrected chi connectivity index (χ2v) is 4.67. The van der Waals surface area contributed by atoms with Crippen LogP contribution in [0.3, 0.4) is 0 Å². The summed E-state index contributed by atoms with van der Waals surface area (Å²) < 4.78 is 5.54. The van der Waals surface area contributed by atoms with Gasteiger partial charge in [-0.2, -0.15) is 0 Å². The van der Waals surface area contributed by atoms with Gasteiger partial charge in [0.2, 0.25) is 0 Å². The Balaban J connectivity index is 1.90. The highest BCUT2D eigenvalue weighted by atomic mass is 16.5. The first-order chi connectivity index (χ1) is 8.29. The lowest BCUT2D eigenvalue weighted by atomic mass is 10.2. The van der Waals surface area contributed by atoms with Crippen LogP contribution in [0.25, 0.3) is 0 Å². The van der Waals surface area contributed by atoms with Crippen molar-refractivity contribution in [2.45, 2.75) is 32.4 Å². The van der Waals surface area contributed by atoms with Gasteiger partial charge in [-0.15, -0.1) is 0 Å². The molecule has 2 N–H and O–H groups in total. The van der Waals surface area contributed by atoms with Gasteiger partial charge in [0, 0.05) is 24.9 Å². The molecular weight excluding hydrogens is 212 g/mol. The average molecular weight is 234 g/mol. The zero-order chi connectivity index (χ0) is 12.1. The van der Waals surface area contributed by atoms with Gasteiger partial charge in [-0.25, -0.2) is 0 Å². The predicted molar refractivity (Wildman–Crippen MR) is 70.8 cm³/mol. The van der Waals surface area contributed by atoms with E-state index in [1.54, 1.807) is 0 Å². The maximum absolute atomic E-state index is 5.69. The van der Waals surface area contributed by atoms with Crippen molar-refractivity contribution >= 4 is 5.69 Å². The second kappa shape index (κ2) is 6.03. The highest BCUT2D eigenvalue weighted by molar-refractivity contribution is 5.39. The topological polar surface area (TPSA) is 38.5 Å². The lowest BCUT2D eigenvalue weighted by Gasteiger charge is -2.24. The molecule has 0 aliphatic carbocycles. The summed E-state index contributed by atoms with van der Waals surface area (Å²) in [5, 5.41) is 0. The van der Waals surface area contributed by atoms with Crippen molar-refractivity contribution in [1.82, 2.24) is 4.90 Å². The Bertz CT molecular complexity index is 337. The third-order valence-corrected chi connectivity index (χ3v) is 3.38. The highest BCUT2D eigenvalue weighted by Gasteiger charge is 2.24. The zero-order valence-corrected chi connectivity index (χ0v) is 10.6. The van der Waals surface area contributed by atoms with Gasteiger partial charge >= 0.3 is 0 Å². The second-order valence-electron chi connectivity index (χ2n) is 4.67. The lowest BCUT2D eigenvalue weighted by molar-refractivity contribution is 0.0824. The van der Waals surface area contributed by atoms with E-state index in [0.29, 0.717) is 6.04 Å². The zero-order valence-electron chi connectivity index (χ0n) is 10.6. The number of hydrogen-bond acceptors (Lipinski definition) is 3. The van der Waals surface area contributed by atoms with Crippen LogP contribution in [0.2, 0.25) is 0 Å². The van der Waals surface area contributed by atoms with Crippen molar-refractivity contribution in [3.63, 3.8) is 0 Å². The smallest absolute Gasteiger partial charge is 0.0621 e. The SMILES string of the molecule is CCOC[C@H]1CCCN1Cc1ccc(N)cc1. The van der Waals surface area contributed by atoms with E-state index in [9.17, 15) is 0 Å². The fraction of sp³-hybridized carbons (Fsp3) is 0.571. The number of nitrogen functional groups attached to an aromatic ring is 1. The Morgan fingerprint density at radius 3 is 2.82 bits per heavy atom. The third kappa shape index (κ3) is 3.45. The summed E-state index contributed by atoms with van der Waals surface area (Å²) in [5.41, 5.74) is 7.86. The quantitative estimate of drug-likeness (QED) is 0.794. The van der Waals surface area contributed by atoms with Crippen LogP contribution in [0.15, 0.2) is 24.3 Å². The van der Waals surface area contributed by atoms with Gasteiger partial charge < -0.3 is 10.5 Å². The van der Waals surface area contributed by atoms with Crippen LogP contribution >= 0.6 is 0 Å². The third-order valence-electron chi connectivity index (χ3n) is 3.38. The molecule has 1 atom stereocenters. The van der Waals surface area contributed by atoms with Crippen LogP contribution in [-0.2, 0) is 11.3 Å². The van der Waals surface area contributed by atoms with Gasteiger partial charge in [-0.05, 0) is 44.0 Å². The van der Waals surface area contributed by atoms with Crippen molar-refractivity contribution < 1.29 is 4.74 Å². The van der Waals surface area contributed by atoms with Crippen molar-refractivity contribution in [1.29, 1.82) is 0 Å². The van der Waals surface area contributed by atoms with E-state index in [4.69, 9.17) is 10.5 Å². The molecule has 0 amide bonds. The van der Waals surface area contributed by atoms with Crippen LogP contribution < -0.4 is 5.73 Å². The van der Waals surface area contributed by atoms with Crippen LogP contribution in [0.1, 0.15) is 25.3 Å². The monoisotopic (exact) mass is 234 g/mol. The van der Waals surface area contributed by atoms with Crippen molar-refractivity contribution in [2.24, 2.45) is 0 Å². The molecule has 0 aromatic heterocycles. The number of likely N-dealkylation sites (tertiary alicyclic amines) is 1. The average Bonchev–Trinajstić information content (AvgIpc) is 2.77. The van der Waals surface area contributed by atoms with E-state index in [2.05, 4.69) is 24.0 Å². The molecule has 1 saturated heterocycles. The Morgan fingerprint density at radius 1 is 1.35 bits per heavy atom. The van der Waals surface area contributed by atoms with E-state index >= 15 is 0 Å². The largest absolute Gasteiger partial charge is 0.399 e. The molecule has 2 rings (SSSR count). The summed E-state index contributed by atoms with van der Waals surface area (Å²) in [7, 11) is 0. The normalized spacial score (nSPS) is 20.9. The Hall–Kier alpha value is -1.06. The molecule has 1 aliphatic heterocycles. The number of benzene rings is 1. The van der Waals surface area contributed by atoms with E-state index in [-0.39, 0.29) is 0 Å². The molecular formula is C14H22N2O. The summed E-state index contributed by atoms with van der Waals surface area (Å²) in [6.45, 7) is 5.93. The maximum atomic E-state index is 5.69. The van der Waals surface area contributed by atoms with Crippen LogP contribution in [0.4, 0.5) is 5.69 Å². The van der Waals surface area contributed by atoms with E-state index in [0.717, 1.165) is 25.4 Å². The molecule has 3 nitrogen and oxygen atoms in total. The van der Waals surface area contributed by atoms with Crippen molar-refractivity contribution in [3.8, 4) is 0 Å². The first-order valence-electron chi connectivity index (χ1n) is 6.46. The van der Waals surface area contributed by atoms with Gasteiger partial charge in [0.05, 0.1) is 6.61 Å². The predicted octanol–water partition coefficient (Wildman–Crippen LogP) is 2.27. The molecule has 0 saturated carbocycles. The fourth-order valence-electron chi connectivity index (χ4n) is 2.40. The van der Waals surface area contributed by atoms with Gasteiger partial charge in [-0.1, -0.05) is 12.1 Å². The summed E-state index contributed by atoms with van der Waals surface area (Å²) in [6.07, 6.45) is 2.54. The molecule has 1 aromatic rings. The minimum Gasteiger partial charge on any atom is -0.399 e. The number of anilines is 1. The Morgan fingerprint density at radius 2 is 2.12 bits per heavy atom. The number of hydrogen-bond donors (Lipinski definition) is 1. The molecule has 0 unspecified atom stereocenters. The van der Waals surface area contributed by atoms with Gasteiger partial charge in [0.15, 0.2) is 0 Å². The first kappa shape index (κ1) is 12.4. The minimum atomic E-state index is 0.590. The molecule has 1 aromatic carbocycles. The summed E-state index contributed by atoms with van der Waals surface area (Å²) in [4.78, 5) is 2.52. The number of rotatable bonds is 5. The summed E-state index contributed by atoms with van der Waals surface area (Å²) in [5.74, 6) is 0. The van der Waals surface area contributed by atoms with Gasteiger partial charge in [-0.3, -0.25) is 4.90 Å². The van der Waals surface area contributed by atoms with Crippen LogP contribution in [0.5, 0.6) is 0 Å². The molecule has 1 aliphatic rings. The molecule has 94 valence electrons. The van der Waals surface area contributed by atoms with Gasteiger partial charge in [0.1, 0.15) is 0 Å². The Labute approximate surface area is 104 Å². The minimum absolute atomic E-state index is 0.590. The molecule has 0 spiro atoms.